The number of esters is 1. The molecule has 5 heteroatoms. The van der Waals surface area contributed by atoms with E-state index in [1.807, 2.05) is 4.90 Å². The first-order valence-electron chi connectivity index (χ1n) is 4.27. The molecule has 1 aliphatic rings. The summed E-state index contributed by atoms with van der Waals surface area (Å²) in [5.74, 6) is -0.277. The highest BCUT2D eigenvalue weighted by molar-refractivity contribution is 5.71. The second-order valence-corrected chi connectivity index (χ2v) is 2.96. The average molecular weight is 189 g/mol. The lowest BCUT2D eigenvalue weighted by atomic mass is 10.2. The molecule has 0 saturated carbocycles. The maximum atomic E-state index is 11.0. The number of nitrogens with zero attached hydrogens (tertiary/aromatic N) is 1. The van der Waals surface area contributed by atoms with E-state index >= 15 is 0 Å². The molecule has 1 rings (SSSR count). The standard InChI is InChI=1S/C8H15NO4/c1-12-8(11)4-9-2-3-13-6-7(9)5-10/h7,10H,2-6H2,1H3. The summed E-state index contributed by atoms with van der Waals surface area (Å²) in [4.78, 5) is 12.8. The van der Waals surface area contributed by atoms with Crippen LogP contribution in [-0.4, -0.2) is 62.0 Å². The minimum absolute atomic E-state index is 0.0109. The molecule has 76 valence electrons. The van der Waals surface area contributed by atoms with Gasteiger partial charge in [0.25, 0.3) is 0 Å². The molecular formula is C8H15NO4. The van der Waals surface area contributed by atoms with Crippen molar-refractivity contribution in [3.05, 3.63) is 0 Å². The Hall–Kier alpha value is -0.650. The van der Waals surface area contributed by atoms with Gasteiger partial charge in [0.05, 0.1) is 39.5 Å². The van der Waals surface area contributed by atoms with Crippen LogP contribution in [0.25, 0.3) is 0 Å². The Morgan fingerprint density at radius 2 is 2.54 bits per heavy atom. The van der Waals surface area contributed by atoms with E-state index in [0.717, 1.165) is 0 Å². The first-order valence-corrected chi connectivity index (χ1v) is 4.27. The fraction of sp³-hybridized carbons (Fsp3) is 0.875. The fourth-order valence-electron chi connectivity index (χ4n) is 1.30. The maximum absolute atomic E-state index is 11.0. The lowest BCUT2D eigenvalue weighted by molar-refractivity contribution is -0.144. The maximum Gasteiger partial charge on any atom is 0.319 e. The van der Waals surface area contributed by atoms with E-state index in [0.29, 0.717) is 19.8 Å². The van der Waals surface area contributed by atoms with Crippen LogP contribution in [0.3, 0.4) is 0 Å². The number of rotatable bonds is 3. The van der Waals surface area contributed by atoms with Crippen LogP contribution >= 0.6 is 0 Å². The summed E-state index contributed by atoms with van der Waals surface area (Å²) < 4.78 is 9.71. The van der Waals surface area contributed by atoms with Gasteiger partial charge >= 0.3 is 5.97 Å². The van der Waals surface area contributed by atoms with E-state index in [2.05, 4.69) is 4.74 Å². The number of carbonyl (C=O) groups is 1. The van der Waals surface area contributed by atoms with Crippen molar-refractivity contribution in [1.82, 2.24) is 4.90 Å². The molecule has 0 amide bonds. The normalized spacial score (nSPS) is 24.3. The van der Waals surface area contributed by atoms with Gasteiger partial charge in [-0.25, -0.2) is 0 Å². The summed E-state index contributed by atoms with van der Waals surface area (Å²) >= 11 is 0. The van der Waals surface area contributed by atoms with Gasteiger partial charge in [0, 0.05) is 6.54 Å². The molecule has 0 aliphatic carbocycles. The Labute approximate surface area is 77.2 Å². The molecule has 1 aliphatic heterocycles. The van der Waals surface area contributed by atoms with Crippen LogP contribution in [0.1, 0.15) is 0 Å². The molecule has 1 heterocycles. The van der Waals surface area contributed by atoms with Crippen molar-refractivity contribution in [2.75, 3.05) is 40.0 Å². The molecular weight excluding hydrogens is 174 g/mol. The van der Waals surface area contributed by atoms with Crippen molar-refractivity contribution in [2.24, 2.45) is 0 Å². The quantitative estimate of drug-likeness (QED) is 0.568. The molecule has 0 radical (unpaired) electrons. The molecule has 0 bridgehead atoms. The Kier molecular flexibility index (Phi) is 4.14. The third-order valence-corrected chi connectivity index (χ3v) is 2.12. The number of aliphatic hydroxyl groups is 1. The van der Waals surface area contributed by atoms with Crippen molar-refractivity contribution in [2.45, 2.75) is 6.04 Å². The molecule has 0 aromatic carbocycles. The van der Waals surface area contributed by atoms with E-state index in [-0.39, 0.29) is 25.2 Å². The van der Waals surface area contributed by atoms with Crippen molar-refractivity contribution in [3.63, 3.8) is 0 Å². The van der Waals surface area contributed by atoms with Crippen LogP contribution in [0.2, 0.25) is 0 Å². The SMILES string of the molecule is COC(=O)CN1CCOCC1CO. The van der Waals surface area contributed by atoms with E-state index in [1.54, 1.807) is 0 Å². The first-order chi connectivity index (χ1) is 6.27. The van der Waals surface area contributed by atoms with E-state index in [1.165, 1.54) is 7.11 Å². The van der Waals surface area contributed by atoms with Crippen LogP contribution in [-0.2, 0) is 14.3 Å². The van der Waals surface area contributed by atoms with Gasteiger partial charge in [-0.15, -0.1) is 0 Å². The van der Waals surface area contributed by atoms with Crippen LogP contribution in [0.15, 0.2) is 0 Å². The van der Waals surface area contributed by atoms with Crippen LogP contribution < -0.4 is 0 Å². The number of hydrogen-bond donors (Lipinski definition) is 1. The van der Waals surface area contributed by atoms with Crippen molar-refractivity contribution >= 4 is 5.97 Å². The number of hydrogen-bond acceptors (Lipinski definition) is 5. The number of ether oxygens (including phenoxy) is 2. The molecule has 0 aromatic rings. The van der Waals surface area contributed by atoms with Gasteiger partial charge < -0.3 is 14.6 Å². The molecule has 1 N–H and O–H groups in total. The predicted molar refractivity (Wildman–Crippen MR) is 45.3 cm³/mol. The van der Waals surface area contributed by atoms with E-state index in [9.17, 15) is 4.79 Å². The lowest BCUT2D eigenvalue weighted by Gasteiger charge is -2.33. The number of morpholine rings is 1. The Morgan fingerprint density at radius 3 is 3.15 bits per heavy atom. The van der Waals surface area contributed by atoms with Crippen LogP contribution in [0, 0.1) is 0 Å². The fourth-order valence-corrected chi connectivity index (χ4v) is 1.30. The van der Waals surface area contributed by atoms with Crippen LogP contribution in [0.4, 0.5) is 0 Å². The monoisotopic (exact) mass is 189 g/mol. The van der Waals surface area contributed by atoms with Gasteiger partial charge in [0.1, 0.15) is 0 Å². The highest BCUT2D eigenvalue weighted by Gasteiger charge is 2.24. The van der Waals surface area contributed by atoms with Gasteiger partial charge in [0.15, 0.2) is 0 Å². The van der Waals surface area contributed by atoms with E-state index in [4.69, 9.17) is 9.84 Å². The predicted octanol–water partition coefficient (Wildman–Crippen LogP) is -1.15. The summed E-state index contributed by atoms with van der Waals surface area (Å²) in [5.41, 5.74) is 0. The van der Waals surface area contributed by atoms with Crippen LogP contribution in [0.5, 0.6) is 0 Å². The minimum Gasteiger partial charge on any atom is -0.468 e. The summed E-state index contributed by atoms with van der Waals surface area (Å²) in [7, 11) is 1.36. The molecule has 13 heavy (non-hydrogen) atoms. The first kappa shape index (κ1) is 10.4. The second-order valence-electron chi connectivity index (χ2n) is 2.96. The second kappa shape index (κ2) is 5.16. The Balaban J connectivity index is 2.40. The molecule has 1 atom stereocenters. The Morgan fingerprint density at radius 1 is 1.77 bits per heavy atom. The summed E-state index contributed by atoms with van der Waals surface area (Å²) in [6, 6.07) is -0.0761. The zero-order chi connectivity index (χ0) is 9.68. The summed E-state index contributed by atoms with van der Waals surface area (Å²) in [5, 5.41) is 8.97. The third kappa shape index (κ3) is 2.95. The molecule has 5 nitrogen and oxygen atoms in total. The zero-order valence-corrected chi connectivity index (χ0v) is 7.73. The number of carbonyl (C=O) groups excluding carboxylic acids is 1. The molecule has 1 saturated heterocycles. The Bertz CT molecular complexity index is 174. The molecule has 0 spiro atoms. The lowest BCUT2D eigenvalue weighted by Crippen LogP contribution is -2.49. The highest BCUT2D eigenvalue weighted by atomic mass is 16.5. The smallest absolute Gasteiger partial charge is 0.319 e. The molecule has 1 unspecified atom stereocenters. The summed E-state index contributed by atoms with van der Waals surface area (Å²) in [6.07, 6.45) is 0. The van der Waals surface area contributed by atoms with Gasteiger partial charge in [-0.3, -0.25) is 9.69 Å². The van der Waals surface area contributed by atoms with Crippen molar-refractivity contribution in [1.29, 1.82) is 0 Å². The number of aliphatic hydroxyl groups excluding tert-OH is 1. The van der Waals surface area contributed by atoms with Gasteiger partial charge in [0.2, 0.25) is 0 Å². The number of methoxy groups -OCH3 is 1. The molecule has 0 aromatic heterocycles. The van der Waals surface area contributed by atoms with Gasteiger partial charge in [-0.1, -0.05) is 0 Å². The minimum atomic E-state index is -0.277. The largest absolute Gasteiger partial charge is 0.468 e. The third-order valence-electron chi connectivity index (χ3n) is 2.12. The van der Waals surface area contributed by atoms with E-state index < -0.39 is 0 Å². The van der Waals surface area contributed by atoms with Gasteiger partial charge in [-0.2, -0.15) is 0 Å². The topological polar surface area (TPSA) is 59.0 Å². The molecule has 1 fully saturated rings. The average Bonchev–Trinajstić information content (AvgIpc) is 2.18. The van der Waals surface area contributed by atoms with Crippen molar-refractivity contribution < 1.29 is 19.4 Å². The van der Waals surface area contributed by atoms with Crippen molar-refractivity contribution in [3.8, 4) is 0 Å². The summed E-state index contributed by atoms with van der Waals surface area (Å²) in [6.45, 7) is 1.99. The van der Waals surface area contributed by atoms with Gasteiger partial charge in [-0.05, 0) is 0 Å². The zero-order valence-electron chi connectivity index (χ0n) is 7.73. The highest BCUT2D eigenvalue weighted by Crippen LogP contribution is 2.05.